The molecule has 1 aliphatic heterocycles. The number of nitrogens with two attached hydrogens (primary N) is 1. The molecule has 32 heavy (non-hydrogen) atoms. The number of benzene rings is 2. The van der Waals surface area contributed by atoms with E-state index in [0.29, 0.717) is 24.9 Å². The third-order valence-electron chi connectivity index (χ3n) is 4.70. The summed E-state index contributed by atoms with van der Waals surface area (Å²) in [4.78, 5) is 24.4. The number of carbonyl (C=O) groups is 2. The molecule has 2 N–H and O–H groups in total. The number of carbonyl (C=O) groups excluding carboxylic acids is 2. The van der Waals surface area contributed by atoms with Crippen LogP contribution >= 0.6 is 0 Å². The fourth-order valence-corrected chi connectivity index (χ4v) is 3.04. The van der Waals surface area contributed by atoms with Crippen LogP contribution in [0.4, 0.5) is 22.4 Å². The van der Waals surface area contributed by atoms with Crippen LogP contribution < -0.4 is 10.5 Å². The van der Waals surface area contributed by atoms with E-state index in [1.807, 2.05) is 0 Å². The smallest absolute Gasteiger partial charge is 0.446 e. The Hall–Kier alpha value is -3.30. The number of primary amides is 1. The minimum atomic E-state index is -4.75. The number of amides is 2. The van der Waals surface area contributed by atoms with E-state index in [0.717, 1.165) is 0 Å². The zero-order chi connectivity index (χ0) is 23.7. The second kappa shape index (κ2) is 11.4. The van der Waals surface area contributed by atoms with Crippen molar-refractivity contribution < 1.29 is 36.6 Å². The number of ether oxygens (including phenoxy) is 2. The highest BCUT2D eigenvalue weighted by Crippen LogP contribution is 2.29. The minimum Gasteiger partial charge on any atom is -0.446 e. The number of alkyl halides is 3. The first kappa shape index (κ1) is 25.0. The largest absolute Gasteiger partial charge is 0.573 e. The maximum absolute atomic E-state index is 12.2. The van der Waals surface area contributed by atoms with Gasteiger partial charge in [-0.1, -0.05) is 30.3 Å². The normalized spacial score (nSPS) is 17.0. The van der Waals surface area contributed by atoms with Crippen molar-refractivity contribution in [2.45, 2.75) is 44.7 Å². The van der Waals surface area contributed by atoms with Crippen molar-refractivity contribution >= 4 is 12.0 Å². The van der Waals surface area contributed by atoms with Crippen LogP contribution in [0.15, 0.2) is 54.6 Å². The molecular weight excluding hydrogens is 432 g/mol. The van der Waals surface area contributed by atoms with Crippen molar-refractivity contribution in [3.63, 3.8) is 0 Å². The van der Waals surface area contributed by atoms with Crippen LogP contribution in [0.2, 0.25) is 0 Å². The molecule has 0 aliphatic carbocycles. The van der Waals surface area contributed by atoms with Gasteiger partial charge in [0, 0.05) is 19.4 Å². The lowest BCUT2D eigenvalue weighted by molar-refractivity contribution is -0.274. The van der Waals surface area contributed by atoms with Gasteiger partial charge in [0.1, 0.15) is 17.7 Å². The second-order valence-electron chi connectivity index (χ2n) is 7.08. The molecule has 1 fully saturated rings. The summed E-state index contributed by atoms with van der Waals surface area (Å²) >= 11 is 0. The van der Waals surface area contributed by atoms with Crippen LogP contribution in [0.1, 0.15) is 37.8 Å². The van der Waals surface area contributed by atoms with Crippen molar-refractivity contribution in [1.82, 2.24) is 4.90 Å². The molecule has 2 unspecified atom stereocenters. The molecule has 1 saturated heterocycles. The SMILES string of the molecule is CC(c1ccc(OC(F)(F)F)cc1)N1CCC(CCC(N)=O)OC1=O.Fc1ccccc1. The predicted molar refractivity (Wildman–Crippen MR) is 108 cm³/mol. The lowest BCUT2D eigenvalue weighted by Gasteiger charge is -2.35. The summed E-state index contributed by atoms with van der Waals surface area (Å²) in [5.41, 5.74) is 5.73. The summed E-state index contributed by atoms with van der Waals surface area (Å²) in [7, 11) is 0. The zero-order valence-electron chi connectivity index (χ0n) is 17.3. The monoisotopic (exact) mass is 456 g/mol. The van der Waals surface area contributed by atoms with Crippen molar-refractivity contribution in [3.8, 4) is 5.75 Å². The molecule has 174 valence electrons. The summed E-state index contributed by atoms with van der Waals surface area (Å²) in [5.74, 6) is -0.952. The molecule has 1 aliphatic rings. The van der Waals surface area contributed by atoms with Crippen LogP contribution in [-0.2, 0) is 9.53 Å². The van der Waals surface area contributed by atoms with Crippen LogP contribution in [0.5, 0.6) is 5.75 Å². The summed E-state index contributed by atoms with van der Waals surface area (Å²) in [6.07, 6.45) is -4.54. The molecule has 2 atom stereocenters. The molecule has 2 aromatic carbocycles. The molecule has 0 bridgehead atoms. The average molecular weight is 456 g/mol. The molecule has 2 aromatic rings. The van der Waals surface area contributed by atoms with E-state index in [9.17, 15) is 27.2 Å². The number of halogens is 4. The van der Waals surface area contributed by atoms with E-state index in [1.165, 1.54) is 41.3 Å². The van der Waals surface area contributed by atoms with Gasteiger partial charge in [0.25, 0.3) is 0 Å². The third-order valence-corrected chi connectivity index (χ3v) is 4.70. The van der Waals surface area contributed by atoms with Crippen molar-refractivity contribution in [3.05, 3.63) is 66.0 Å². The van der Waals surface area contributed by atoms with E-state index >= 15 is 0 Å². The standard InChI is InChI=1S/C16H19F3N2O4.C6H5F/c1-10(11-2-4-13(5-3-11)25-16(17,18)19)21-9-8-12(24-15(21)23)6-7-14(20)22;7-6-4-2-1-3-5-6/h2-5,10,12H,6-9H2,1H3,(H2,20,22);1-5H. The highest BCUT2D eigenvalue weighted by molar-refractivity contribution is 5.74. The van der Waals surface area contributed by atoms with Gasteiger partial charge in [-0.15, -0.1) is 13.2 Å². The van der Waals surface area contributed by atoms with E-state index < -0.39 is 18.4 Å². The number of hydrogen-bond donors (Lipinski definition) is 1. The Morgan fingerprint density at radius 2 is 1.81 bits per heavy atom. The quantitative estimate of drug-likeness (QED) is 0.624. The zero-order valence-corrected chi connectivity index (χ0v) is 17.3. The fraction of sp³-hybridized carbons (Fsp3) is 0.364. The molecule has 6 nitrogen and oxygen atoms in total. The molecule has 10 heteroatoms. The molecule has 0 saturated carbocycles. The van der Waals surface area contributed by atoms with Gasteiger partial charge in [0.05, 0.1) is 6.04 Å². The van der Waals surface area contributed by atoms with Gasteiger partial charge in [-0.05, 0) is 43.2 Å². The Morgan fingerprint density at radius 3 is 2.28 bits per heavy atom. The Morgan fingerprint density at radius 1 is 1.19 bits per heavy atom. The lowest BCUT2D eigenvalue weighted by Crippen LogP contribution is -2.43. The predicted octanol–water partition coefficient (Wildman–Crippen LogP) is 4.95. The molecule has 3 rings (SSSR count). The molecule has 1 heterocycles. The third kappa shape index (κ3) is 8.44. The van der Waals surface area contributed by atoms with Gasteiger partial charge in [-0.3, -0.25) is 4.79 Å². The van der Waals surface area contributed by atoms with Gasteiger partial charge >= 0.3 is 12.5 Å². The Balaban J connectivity index is 0.000000439. The molecule has 2 amide bonds. The highest BCUT2D eigenvalue weighted by atomic mass is 19.4. The highest BCUT2D eigenvalue weighted by Gasteiger charge is 2.32. The van der Waals surface area contributed by atoms with Crippen LogP contribution in [0, 0.1) is 5.82 Å². The molecule has 0 aromatic heterocycles. The molecule has 0 radical (unpaired) electrons. The van der Waals surface area contributed by atoms with Crippen molar-refractivity contribution in [2.24, 2.45) is 5.73 Å². The van der Waals surface area contributed by atoms with Crippen molar-refractivity contribution in [1.29, 1.82) is 0 Å². The Kier molecular flexibility index (Phi) is 8.86. The minimum absolute atomic E-state index is 0.147. The van der Waals surface area contributed by atoms with Gasteiger partial charge in [-0.2, -0.15) is 0 Å². The lowest BCUT2D eigenvalue weighted by atomic mass is 10.0. The van der Waals surface area contributed by atoms with Crippen LogP contribution in [0.25, 0.3) is 0 Å². The number of nitrogens with zero attached hydrogens (tertiary/aromatic N) is 1. The van der Waals surface area contributed by atoms with E-state index in [2.05, 4.69) is 4.74 Å². The maximum atomic E-state index is 12.2. The summed E-state index contributed by atoms with van der Waals surface area (Å²) < 4.78 is 57.5. The number of cyclic esters (lactones) is 1. The average Bonchev–Trinajstić information content (AvgIpc) is 2.72. The van der Waals surface area contributed by atoms with Gasteiger partial charge in [0.15, 0.2) is 0 Å². The number of rotatable bonds is 6. The molecular formula is C22H24F4N2O4. The number of hydrogen-bond acceptors (Lipinski definition) is 4. The first-order valence-corrected chi connectivity index (χ1v) is 9.87. The maximum Gasteiger partial charge on any atom is 0.573 e. The fourth-order valence-electron chi connectivity index (χ4n) is 3.04. The summed E-state index contributed by atoms with van der Waals surface area (Å²) in [6.45, 7) is 2.18. The topological polar surface area (TPSA) is 81.9 Å². The van der Waals surface area contributed by atoms with Crippen LogP contribution in [0.3, 0.4) is 0 Å². The summed E-state index contributed by atoms with van der Waals surface area (Å²) in [5, 5.41) is 0. The van der Waals surface area contributed by atoms with E-state index in [4.69, 9.17) is 10.5 Å². The first-order valence-electron chi connectivity index (χ1n) is 9.87. The molecule has 0 spiro atoms. The summed E-state index contributed by atoms with van der Waals surface area (Å²) in [6, 6.07) is 12.9. The van der Waals surface area contributed by atoms with E-state index in [1.54, 1.807) is 25.1 Å². The van der Waals surface area contributed by atoms with E-state index in [-0.39, 0.29) is 30.1 Å². The van der Waals surface area contributed by atoms with Gasteiger partial charge in [0.2, 0.25) is 5.91 Å². The van der Waals surface area contributed by atoms with Crippen molar-refractivity contribution in [2.75, 3.05) is 6.54 Å². The Bertz CT molecular complexity index is 876. The second-order valence-corrected chi connectivity index (χ2v) is 7.08. The van der Waals surface area contributed by atoms with Gasteiger partial charge < -0.3 is 20.1 Å². The van der Waals surface area contributed by atoms with Gasteiger partial charge in [-0.25, -0.2) is 9.18 Å². The first-order chi connectivity index (χ1) is 15.0. The van der Waals surface area contributed by atoms with Crippen LogP contribution in [-0.4, -0.2) is 35.9 Å². The Labute approximate surface area is 182 Å².